The van der Waals surface area contributed by atoms with E-state index in [0.29, 0.717) is 5.71 Å². The molecule has 0 radical (unpaired) electrons. The second-order valence-corrected chi connectivity index (χ2v) is 6.41. The van der Waals surface area contributed by atoms with E-state index in [1.54, 1.807) is 0 Å². The first-order valence-corrected chi connectivity index (χ1v) is 7.62. The van der Waals surface area contributed by atoms with E-state index in [2.05, 4.69) is 21.1 Å². The average Bonchev–Trinajstić information content (AvgIpc) is 2.72. The maximum atomic E-state index is 10.6. The lowest BCUT2D eigenvalue weighted by Gasteiger charge is -2.33. The van der Waals surface area contributed by atoms with E-state index >= 15 is 0 Å². The molecule has 1 atom stereocenters. The van der Waals surface area contributed by atoms with Gasteiger partial charge in [0.15, 0.2) is 5.60 Å². The highest BCUT2D eigenvalue weighted by Gasteiger charge is 2.48. The molecule has 102 valence electrons. The van der Waals surface area contributed by atoms with Crippen LogP contribution in [0.5, 0.6) is 0 Å². The Morgan fingerprint density at radius 3 is 2.74 bits per heavy atom. The molecule has 1 aliphatic carbocycles. The third kappa shape index (κ3) is 2.21. The van der Waals surface area contributed by atoms with E-state index in [4.69, 9.17) is 4.84 Å². The summed E-state index contributed by atoms with van der Waals surface area (Å²) in [5.41, 5.74) is 2.31. The molecule has 0 amide bonds. The van der Waals surface area contributed by atoms with Crippen LogP contribution in [0.15, 0.2) is 27.8 Å². The van der Waals surface area contributed by atoms with Crippen LogP contribution < -0.4 is 0 Å². The van der Waals surface area contributed by atoms with Crippen molar-refractivity contribution in [3.05, 3.63) is 33.8 Å². The topological polar surface area (TPSA) is 41.8 Å². The Morgan fingerprint density at radius 2 is 2.05 bits per heavy atom. The van der Waals surface area contributed by atoms with Crippen molar-refractivity contribution >= 4 is 21.6 Å². The van der Waals surface area contributed by atoms with Gasteiger partial charge in [0.2, 0.25) is 0 Å². The lowest BCUT2D eigenvalue weighted by molar-refractivity contribution is -0.0970. The number of rotatable bonds is 1. The predicted octanol–water partition coefficient (Wildman–Crippen LogP) is 3.56. The second-order valence-electron chi connectivity index (χ2n) is 5.56. The Morgan fingerprint density at radius 1 is 1.32 bits per heavy atom. The third-order valence-electron chi connectivity index (χ3n) is 4.25. The van der Waals surface area contributed by atoms with Gasteiger partial charge in [-0.1, -0.05) is 39.6 Å². The number of hydrogen-bond acceptors (Lipinski definition) is 3. The van der Waals surface area contributed by atoms with Gasteiger partial charge in [-0.15, -0.1) is 0 Å². The zero-order valence-corrected chi connectivity index (χ0v) is 12.6. The lowest BCUT2D eigenvalue weighted by Crippen LogP contribution is -2.45. The molecule has 1 heterocycles. The van der Waals surface area contributed by atoms with E-state index in [1.807, 2.05) is 25.1 Å². The van der Waals surface area contributed by atoms with Crippen LogP contribution in [0.1, 0.15) is 43.2 Å². The number of aliphatic hydroxyl groups excluding tert-OH is 1. The average molecular weight is 324 g/mol. The van der Waals surface area contributed by atoms with Crippen molar-refractivity contribution < 1.29 is 9.94 Å². The number of benzene rings is 1. The van der Waals surface area contributed by atoms with Gasteiger partial charge >= 0.3 is 0 Å². The number of halogens is 1. The molecule has 1 saturated carbocycles. The van der Waals surface area contributed by atoms with Crippen LogP contribution in [0.25, 0.3) is 0 Å². The van der Waals surface area contributed by atoms with Gasteiger partial charge in [-0.25, -0.2) is 0 Å². The molecular formula is C15H18BrNO2. The van der Waals surface area contributed by atoms with Crippen molar-refractivity contribution in [2.24, 2.45) is 5.16 Å². The summed E-state index contributed by atoms with van der Waals surface area (Å²) >= 11 is 3.52. The minimum Gasteiger partial charge on any atom is -0.386 e. The molecule has 0 aromatic heterocycles. The molecule has 1 aromatic rings. The van der Waals surface area contributed by atoms with Crippen LogP contribution in [0.3, 0.4) is 0 Å². The van der Waals surface area contributed by atoms with Crippen molar-refractivity contribution in [2.75, 3.05) is 0 Å². The van der Waals surface area contributed by atoms with Crippen LogP contribution in [0, 0.1) is 6.92 Å². The van der Waals surface area contributed by atoms with E-state index in [9.17, 15) is 5.11 Å². The highest BCUT2D eigenvalue weighted by Crippen LogP contribution is 2.40. The predicted molar refractivity (Wildman–Crippen MR) is 78.3 cm³/mol. The fourth-order valence-electron chi connectivity index (χ4n) is 2.97. The van der Waals surface area contributed by atoms with Crippen LogP contribution in [-0.4, -0.2) is 22.5 Å². The molecule has 19 heavy (non-hydrogen) atoms. The van der Waals surface area contributed by atoms with Gasteiger partial charge in [-0.3, -0.25) is 0 Å². The van der Waals surface area contributed by atoms with Crippen LogP contribution >= 0.6 is 15.9 Å². The minimum absolute atomic E-state index is 0.467. The third-order valence-corrected chi connectivity index (χ3v) is 5.10. The van der Waals surface area contributed by atoms with Gasteiger partial charge in [0.05, 0.1) is 0 Å². The Kier molecular flexibility index (Phi) is 3.39. The second kappa shape index (κ2) is 4.91. The monoisotopic (exact) mass is 323 g/mol. The highest BCUT2D eigenvalue weighted by atomic mass is 79.9. The van der Waals surface area contributed by atoms with Gasteiger partial charge < -0.3 is 9.94 Å². The van der Waals surface area contributed by atoms with Crippen molar-refractivity contribution in [2.45, 2.75) is 50.7 Å². The fourth-order valence-corrected chi connectivity index (χ4v) is 3.35. The van der Waals surface area contributed by atoms with Crippen molar-refractivity contribution in [1.29, 1.82) is 0 Å². The first-order valence-electron chi connectivity index (χ1n) is 6.83. The maximum absolute atomic E-state index is 10.6. The minimum atomic E-state index is -0.609. The number of nitrogens with zero attached hydrogens (tertiary/aromatic N) is 1. The molecule has 1 unspecified atom stereocenters. The van der Waals surface area contributed by atoms with Crippen LogP contribution in [0.4, 0.5) is 0 Å². The quantitative estimate of drug-likeness (QED) is 0.858. The molecule has 0 saturated heterocycles. The largest absolute Gasteiger partial charge is 0.386 e. The molecule has 0 bridgehead atoms. The Hall–Kier alpha value is -0.870. The summed E-state index contributed by atoms with van der Waals surface area (Å²) in [6.45, 7) is 2.04. The number of oxime groups is 1. The molecule has 1 aliphatic heterocycles. The summed E-state index contributed by atoms with van der Waals surface area (Å²) in [4.78, 5) is 5.65. The Bertz CT molecular complexity index is 521. The fraction of sp³-hybridized carbons (Fsp3) is 0.533. The zero-order chi connectivity index (χ0) is 13.5. The number of hydrogen-bond donors (Lipinski definition) is 1. The van der Waals surface area contributed by atoms with Gasteiger partial charge in [0, 0.05) is 10.0 Å². The van der Waals surface area contributed by atoms with Gasteiger partial charge in [0.25, 0.3) is 0 Å². The van der Waals surface area contributed by atoms with Gasteiger partial charge in [-0.05, 0) is 44.2 Å². The van der Waals surface area contributed by atoms with Crippen LogP contribution in [0.2, 0.25) is 0 Å². The smallest absolute Gasteiger partial charge is 0.169 e. The van der Waals surface area contributed by atoms with Crippen molar-refractivity contribution in [3.63, 3.8) is 0 Å². The molecule has 1 fully saturated rings. The van der Waals surface area contributed by atoms with E-state index in [0.717, 1.165) is 35.7 Å². The summed E-state index contributed by atoms with van der Waals surface area (Å²) in [5, 5.41) is 14.8. The summed E-state index contributed by atoms with van der Waals surface area (Å²) < 4.78 is 1.03. The van der Waals surface area contributed by atoms with E-state index in [-0.39, 0.29) is 0 Å². The highest BCUT2D eigenvalue weighted by molar-refractivity contribution is 9.10. The first kappa shape index (κ1) is 13.1. The number of aryl methyl sites for hydroxylation is 1. The normalized spacial score (nSPS) is 25.2. The Balaban J connectivity index is 1.88. The van der Waals surface area contributed by atoms with Gasteiger partial charge in [-0.2, -0.15) is 0 Å². The molecule has 1 aromatic carbocycles. The summed E-state index contributed by atoms with van der Waals surface area (Å²) in [6, 6.07) is 6.02. The molecule has 1 spiro atoms. The maximum Gasteiger partial charge on any atom is 0.169 e. The molecule has 3 rings (SSSR count). The molecular weight excluding hydrogens is 306 g/mol. The van der Waals surface area contributed by atoms with Crippen molar-refractivity contribution in [1.82, 2.24) is 0 Å². The summed E-state index contributed by atoms with van der Waals surface area (Å²) in [5.74, 6) is 0. The zero-order valence-electron chi connectivity index (χ0n) is 11.0. The SMILES string of the molecule is Cc1ccc(C2=NOC3(CCCCC3)C2O)cc1Br. The summed E-state index contributed by atoms with van der Waals surface area (Å²) in [7, 11) is 0. The van der Waals surface area contributed by atoms with E-state index < -0.39 is 11.7 Å². The number of aliphatic hydroxyl groups is 1. The Labute approximate surface area is 121 Å². The summed E-state index contributed by atoms with van der Waals surface area (Å²) in [6.07, 6.45) is 4.63. The molecule has 1 N–H and O–H groups in total. The first-order chi connectivity index (χ1) is 9.12. The standard InChI is InChI=1S/C15H18BrNO2/c1-10-5-6-11(9-12(10)16)13-14(18)15(19-17-13)7-3-2-4-8-15/h5-6,9,14,18H,2-4,7-8H2,1H3. The molecule has 4 heteroatoms. The van der Waals surface area contributed by atoms with Gasteiger partial charge in [0.1, 0.15) is 11.8 Å². The molecule has 2 aliphatic rings. The van der Waals surface area contributed by atoms with Crippen LogP contribution in [-0.2, 0) is 4.84 Å². The van der Waals surface area contributed by atoms with E-state index in [1.165, 1.54) is 12.0 Å². The lowest BCUT2D eigenvalue weighted by atomic mass is 9.78. The molecule has 3 nitrogen and oxygen atoms in total. The van der Waals surface area contributed by atoms with Crippen molar-refractivity contribution in [3.8, 4) is 0 Å².